The lowest BCUT2D eigenvalue weighted by Gasteiger charge is -2.33. The Kier molecular flexibility index (Phi) is 5.91. The number of fused-ring (bicyclic) bond motifs is 2. The molecule has 5 rings (SSSR count). The number of rotatable bonds is 4. The number of aryl methyl sites for hydroxylation is 1. The molecule has 6 nitrogen and oxygen atoms in total. The summed E-state index contributed by atoms with van der Waals surface area (Å²) in [6, 6.07) is 20.4. The highest BCUT2D eigenvalue weighted by Gasteiger charge is 2.59. The van der Waals surface area contributed by atoms with Crippen molar-refractivity contribution < 1.29 is 14.3 Å². The van der Waals surface area contributed by atoms with Crippen molar-refractivity contribution in [1.82, 2.24) is 4.90 Å². The molecule has 0 aromatic heterocycles. The number of ether oxygens (including phenoxy) is 1. The molecule has 2 heterocycles. The van der Waals surface area contributed by atoms with Crippen LogP contribution in [0.15, 0.2) is 66.7 Å². The number of halogens is 1. The summed E-state index contributed by atoms with van der Waals surface area (Å²) in [5.74, 6) is 1.12. The highest BCUT2D eigenvalue weighted by molar-refractivity contribution is 8.01. The molecule has 2 aliphatic heterocycles. The molecule has 1 atom stereocenters. The number of urea groups is 1. The average Bonchev–Trinajstić information content (AvgIpc) is 3.37. The van der Waals surface area contributed by atoms with Gasteiger partial charge in [-0.25, -0.2) is 4.79 Å². The van der Waals surface area contributed by atoms with Crippen LogP contribution in [0.5, 0.6) is 5.75 Å². The summed E-state index contributed by atoms with van der Waals surface area (Å²) in [5.41, 5.74) is 4.09. The third-order valence-electron chi connectivity index (χ3n) is 6.20. The fourth-order valence-electron chi connectivity index (χ4n) is 4.59. The zero-order valence-corrected chi connectivity index (χ0v) is 20.4. The molecule has 174 valence electrons. The Morgan fingerprint density at radius 2 is 1.97 bits per heavy atom. The summed E-state index contributed by atoms with van der Waals surface area (Å²) < 4.78 is 5.48. The number of nitrogens with one attached hydrogen (secondary N) is 1. The van der Waals surface area contributed by atoms with Crippen LogP contribution in [-0.4, -0.2) is 36.2 Å². The molecule has 0 bridgehead atoms. The number of thioether (sulfide) groups is 1. The molecule has 3 aromatic rings. The molecule has 0 aliphatic carbocycles. The van der Waals surface area contributed by atoms with Crippen molar-refractivity contribution >= 4 is 46.7 Å². The minimum atomic E-state index is -1.17. The number of carbonyl (C=O) groups excluding carboxylic acids is 2. The van der Waals surface area contributed by atoms with Gasteiger partial charge in [-0.15, -0.1) is 11.8 Å². The van der Waals surface area contributed by atoms with Crippen molar-refractivity contribution in [2.75, 3.05) is 29.6 Å². The Labute approximate surface area is 207 Å². The van der Waals surface area contributed by atoms with E-state index in [9.17, 15) is 9.59 Å². The lowest BCUT2D eigenvalue weighted by atomic mass is 10.1. The van der Waals surface area contributed by atoms with Gasteiger partial charge in [0, 0.05) is 28.6 Å². The van der Waals surface area contributed by atoms with Gasteiger partial charge in [-0.3, -0.25) is 9.69 Å². The van der Waals surface area contributed by atoms with Crippen LogP contribution < -0.4 is 15.0 Å². The van der Waals surface area contributed by atoms with Crippen LogP contribution in [0, 0.1) is 6.92 Å². The van der Waals surface area contributed by atoms with E-state index in [4.69, 9.17) is 16.3 Å². The standard InChI is InChI=1S/C26H24ClN3O3S/c1-17-6-5-8-19(14-17)28-25(32)30-12-13-34-26(30)21-15-20(33-2)10-11-23(21)29(24(26)31)16-18-7-3-4-9-22(18)27/h3-11,14-15H,12-13,16H2,1-2H3,(H,28,32)/t26-/m1/s1. The predicted molar refractivity (Wildman–Crippen MR) is 137 cm³/mol. The van der Waals surface area contributed by atoms with Crippen molar-refractivity contribution in [3.63, 3.8) is 0 Å². The highest BCUT2D eigenvalue weighted by atomic mass is 35.5. The van der Waals surface area contributed by atoms with Gasteiger partial charge in [-0.05, 0) is 54.4 Å². The van der Waals surface area contributed by atoms with E-state index in [2.05, 4.69) is 5.32 Å². The number of nitrogens with zero attached hydrogens (tertiary/aromatic N) is 2. The lowest BCUT2D eigenvalue weighted by molar-refractivity contribution is -0.123. The minimum absolute atomic E-state index is 0.155. The fraction of sp³-hybridized carbons (Fsp3) is 0.231. The maximum Gasteiger partial charge on any atom is 0.323 e. The second-order valence-electron chi connectivity index (χ2n) is 8.31. The van der Waals surface area contributed by atoms with Crippen LogP contribution in [0.1, 0.15) is 16.7 Å². The number of carbonyl (C=O) groups is 2. The Morgan fingerprint density at radius 3 is 2.74 bits per heavy atom. The second-order valence-corrected chi connectivity index (χ2v) is 10.0. The van der Waals surface area contributed by atoms with Crippen molar-refractivity contribution in [3.05, 3.63) is 88.4 Å². The Bertz CT molecular complexity index is 1280. The summed E-state index contributed by atoms with van der Waals surface area (Å²) >= 11 is 7.90. The maximum atomic E-state index is 14.1. The van der Waals surface area contributed by atoms with E-state index >= 15 is 0 Å². The van der Waals surface area contributed by atoms with Gasteiger partial charge in [0.25, 0.3) is 5.91 Å². The van der Waals surface area contributed by atoms with Crippen LogP contribution in [-0.2, 0) is 16.2 Å². The number of methoxy groups -OCH3 is 1. The molecule has 1 N–H and O–H groups in total. The molecule has 8 heteroatoms. The van der Waals surface area contributed by atoms with Crippen molar-refractivity contribution in [2.45, 2.75) is 18.3 Å². The number of anilines is 2. The molecule has 1 fully saturated rings. The number of hydrogen-bond donors (Lipinski definition) is 1. The third kappa shape index (κ3) is 3.69. The monoisotopic (exact) mass is 493 g/mol. The zero-order chi connectivity index (χ0) is 23.9. The van der Waals surface area contributed by atoms with Gasteiger partial charge in [0.1, 0.15) is 5.75 Å². The first-order valence-corrected chi connectivity index (χ1v) is 12.3. The molecule has 0 saturated carbocycles. The summed E-state index contributed by atoms with van der Waals surface area (Å²) in [7, 11) is 1.59. The van der Waals surface area contributed by atoms with E-state index < -0.39 is 4.87 Å². The second kappa shape index (κ2) is 8.89. The fourth-order valence-corrected chi connectivity index (χ4v) is 6.24. The Balaban J connectivity index is 1.56. The quantitative estimate of drug-likeness (QED) is 0.511. The van der Waals surface area contributed by atoms with Crippen molar-refractivity contribution in [2.24, 2.45) is 0 Å². The number of hydrogen-bond acceptors (Lipinski definition) is 4. The highest BCUT2D eigenvalue weighted by Crippen LogP contribution is 2.55. The first-order valence-electron chi connectivity index (χ1n) is 11.0. The summed E-state index contributed by atoms with van der Waals surface area (Å²) in [5, 5.41) is 3.58. The lowest BCUT2D eigenvalue weighted by Crippen LogP contribution is -2.51. The average molecular weight is 494 g/mol. The first-order chi connectivity index (χ1) is 16.4. The SMILES string of the molecule is COc1ccc2c(c1)[C@@]1(SCCN1C(=O)Nc1cccc(C)c1)C(=O)N2Cc1ccccc1Cl. The third-order valence-corrected chi connectivity index (χ3v) is 7.99. The van der Waals surface area contributed by atoms with Crippen molar-refractivity contribution in [3.8, 4) is 5.75 Å². The number of benzene rings is 3. The smallest absolute Gasteiger partial charge is 0.323 e. The molecule has 0 radical (unpaired) electrons. The van der Waals surface area contributed by atoms with E-state index in [1.807, 2.05) is 73.7 Å². The maximum absolute atomic E-state index is 14.1. The van der Waals surface area contributed by atoms with Crippen LogP contribution in [0.25, 0.3) is 0 Å². The van der Waals surface area contributed by atoms with Crippen LogP contribution in [0.3, 0.4) is 0 Å². The molecular weight excluding hydrogens is 470 g/mol. The van der Waals surface area contributed by atoms with Crippen LogP contribution in [0.4, 0.5) is 16.2 Å². The summed E-state index contributed by atoms with van der Waals surface area (Å²) in [6.07, 6.45) is 0. The van der Waals surface area contributed by atoms with Crippen molar-refractivity contribution in [1.29, 1.82) is 0 Å². The van der Waals surface area contributed by atoms with Gasteiger partial charge in [-0.1, -0.05) is 41.9 Å². The van der Waals surface area contributed by atoms with E-state index in [1.165, 1.54) is 11.8 Å². The molecule has 1 spiro atoms. The van der Waals surface area contributed by atoms with Crippen LogP contribution >= 0.6 is 23.4 Å². The molecule has 34 heavy (non-hydrogen) atoms. The Morgan fingerprint density at radius 1 is 1.15 bits per heavy atom. The van der Waals surface area contributed by atoms with Gasteiger partial charge in [0.05, 0.1) is 19.3 Å². The van der Waals surface area contributed by atoms with Crippen LogP contribution in [0.2, 0.25) is 5.02 Å². The summed E-state index contributed by atoms with van der Waals surface area (Å²) in [6.45, 7) is 2.73. The van der Waals surface area contributed by atoms with Gasteiger partial charge >= 0.3 is 6.03 Å². The minimum Gasteiger partial charge on any atom is -0.497 e. The Hall–Kier alpha value is -3.16. The van der Waals surface area contributed by atoms with E-state index in [0.717, 1.165) is 22.4 Å². The molecule has 3 aromatic carbocycles. The molecule has 2 aliphatic rings. The van der Waals surface area contributed by atoms with Gasteiger partial charge < -0.3 is 15.0 Å². The molecular formula is C26H24ClN3O3S. The van der Waals surface area contributed by atoms with E-state index in [0.29, 0.717) is 35.3 Å². The normalized spacial score (nSPS) is 19.0. The predicted octanol–water partition coefficient (Wildman–Crippen LogP) is 5.64. The topological polar surface area (TPSA) is 61.9 Å². The summed E-state index contributed by atoms with van der Waals surface area (Å²) in [4.78, 5) is 29.8. The van der Waals surface area contributed by atoms with E-state index in [-0.39, 0.29) is 11.9 Å². The largest absolute Gasteiger partial charge is 0.497 e. The van der Waals surface area contributed by atoms with E-state index in [1.54, 1.807) is 16.9 Å². The molecule has 1 saturated heterocycles. The van der Waals surface area contributed by atoms with Gasteiger partial charge in [0.2, 0.25) is 0 Å². The first kappa shape index (κ1) is 22.6. The number of amides is 3. The molecule has 0 unspecified atom stereocenters. The van der Waals surface area contributed by atoms with Gasteiger partial charge in [-0.2, -0.15) is 0 Å². The zero-order valence-electron chi connectivity index (χ0n) is 18.9. The molecule has 3 amide bonds. The van der Waals surface area contributed by atoms with Gasteiger partial charge in [0.15, 0.2) is 4.87 Å².